The third kappa shape index (κ3) is 9.36. The number of hydrogen-bond acceptors (Lipinski definition) is 3. The van der Waals surface area contributed by atoms with Crippen LogP contribution in [0.2, 0.25) is 0 Å². The lowest BCUT2D eigenvalue weighted by Gasteiger charge is -2.23. The van der Waals surface area contributed by atoms with E-state index in [0.717, 1.165) is 0 Å². The van der Waals surface area contributed by atoms with Gasteiger partial charge in [-0.05, 0) is 65.2 Å². The predicted octanol–water partition coefficient (Wildman–Crippen LogP) is 1.30. The lowest BCUT2D eigenvalue weighted by atomic mass is 10.3. The quantitative estimate of drug-likeness (QED) is 0.495. The highest BCUT2D eigenvalue weighted by Gasteiger charge is 2.03. The Labute approximate surface area is 123 Å². The van der Waals surface area contributed by atoms with Crippen molar-refractivity contribution in [2.75, 3.05) is 52.4 Å². The first kappa shape index (κ1) is 18.4. The van der Waals surface area contributed by atoms with Gasteiger partial charge in [0.1, 0.15) is 0 Å². The molecule has 4 heteroatoms. The molecular formula is C14H34AlN3. The maximum atomic E-state index is 2.62. The van der Waals surface area contributed by atoms with Crippen LogP contribution in [-0.2, 0) is 0 Å². The maximum Gasteiger partial charge on any atom is 0.321 e. The molecule has 0 bridgehead atoms. The Morgan fingerprint density at radius 3 is 1.22 bits per heavy atom. The highest BCUT2D eigenvalue weighted by atomic mass is 27.1. The molecule has 0 fully saturated rings. The van der Waals surface area contributed by atoms with Crippen LogP contribution >= 0.6 is 0 Å². The van der Waals surface area contributed by atoms with Crippen molar-refractivity contribution in [1.82, 2.24) is 13.7 Å². The second-order valence-electron chi connectivity index (χ2n) is 5.06. The molecule has 0 aliphatic heterocycles. The Bertz CT molecular complexity index is 152. The summed E-state index contributed by atoms with van der Waals surface area (Å²) in [5.41, 5.74) is 0. The summed E-state index contributed by atoms with van der Waals surface area (Å²) in [6, 6.07) is 0. The van der Waals surface area contributed by atoms with Crippen molar-refractivity contribution in [2.45, 2.75) is 40.5 Å². The molecule has 0 amide bonds. The van der Waals surface area contributed by atoms with Crippen LogP contribution in [0.3, 0.4) is 0 Å². The zero-order chi connectivity index (χ0) is 13.8. The molecule has 0 unspecified atom stereocenters. The van der Waals surface area contributed by atoms with E-state index in [9.17, 15) is 0 Å². The van der Waals surface area contributed by atoms with Crippen molar-refractivity contribution in [1.29, 1.82) is 0 Å². The summed E-state index contributed by atoms with van der Waals surface area (Å²) in [5.74, 6) is 0. The van der Waals surface area contributed by atoms with Gasteiger partial charge in [-0.25, -0.2) is 0 Å². The lowest BCUT2D eigenvalue weighted by Crippen LogP contribution is -2.31. The summed E-state index contributed by atoms with van der Waals surface area (Å²) in [6.07, 6.45) is 2.66. The fraction of sp³-hybridized carbons (Fsp3) is 1.00. The Hall–Kier alpha value is 0.412. The van der Waals surface area contributed by atoms with Crippen LogP contribution in [0.5, 0.6) is 0 Å². The van der Waals surface area contributed by atoms with Gasteiger partial charge in [0.05, 0.1) is 0 Å². The molecule has 3 nitrogen and oxygen atoms in total. The molecule has 0 saturated heterocycles. The largest absolute Gasteiger partial charge is 0.390 e. The van der Waals surface area contributed by atoms with E-state index < -0.39 is 0 Å². The van der Waals surface area contributed by atoms with Crippen molar-refractivity contribution >= 4 is 16.5 Å². The van der Waals surface area contributed by atoms with Crippen LogP contribution in [0.25, 0.3) is 0 Å². The van der Waals surface area contributed by atoms with Crippen molar-refractivity contribution < 1.29 is 0 Å². The molecule has 0 aliphatic carbocycles. The standard InChI is InChI=1S/C14H32N3.Al.2H/c1-5-16(6-2)13-9-11-15-12-10-14-17(7-3)8-4;;;/h5-14H2,1-4H3;;;/q-1;+1;;. The van der Waals surface area contributed by atoms with E-state index in [0.29, 0.717) is 0 Å². The van der Waals surface area contributed by atoms with Crippen LogP contribution in [-0.4, -0.2) is 82.6 Å². The van der Waals surface area contributed by atoms with Gasteiger partial charge in [-0.15, -0.1) is 0 Å². The van der Waals surface area contributed by atoms with Crippen LogP contribution in [0, 0.1) is 0 Å². The predicted molar refractivity (Wildman–Crippen MR) is 84.9 cm³/mol. The third-order valence-electron chi connectivity index (χ3n) is 3.82. The molecule has 0 spiro atoms. The SMILES string of the molecule is CCN(CC)CCC[N]([AlH2])CCCN(CC)CC. The Morgan fingerprint density at radius 1 is 0.611 bits per heavy atom. The maximum absolute atomic E-state index is 2.62. The van der Waals surface area contributed by atoms with Crippen molar-refractivity contribution in [3.63, 3.8) is 0 Å². The van der Waals surface area contributed by atoms with Crippen LogP contribution in [0.15, 0.2) is 0 Å². The minimum absolute atomic E-state index is 1.19. The minimum atomic E-state index is 1.19. The monoisotopic (exact) mass is 271 g/mol. The zero-order valence-electron chi connectivity index (χ0n) is 13.4. The minimum Gasteiger partial charge on any atom is -0.390 e. The average Bonchev–Trinajstić information content (AvgIpc) is 2.40. The summed E-state index contributed by atoms with van der Waals surface area (Å²) in [7, 11) is 0. The molecule has 0 N–H and O–H groups in total. The molecule has 0 aromatic heterocycles. The van der Waals surface area contributed by atoms with Gasteiger partial charge in [0.2, 0.25) is 0 Å². The third-order valence-corrected chi connectivity index (χ3v) is 4.71. The average molecular weight is 271 g/mol. The van der Waals surface area contributed by atoms with E-state index in [4.69, 9.17) is 0 Å². The Kier molecular flexibility index (Phi) is 12.7. The van der Waals surface area contributed by atoms with Gasteiger partial charge in [-0.1, -0.05) is 27.7 Å². The summed E-state index contributed by atoms with van der Waals surface area (Å²) < 4.78 is 2.62. The van der Waals surface area contributed by atoms with Gasteiger partial charge >= 0.3 is 16.5 Å². The highest BCUT2D eigenvalue weighted by Crippen LogP contribution is 1.96. The molecule has 0 rings (SSSR count). The van der Waals surface area contributed by atoms with E-state index in [1.54, 1.807) is 0 Å². The normalized spacial score (nSPS) is 11.9. The topological polar surface area (TPSA) is 9.72 Å². The molecule has 0 aromatic carbocycles. The molecule has 0 saturated carbocycles. The van der Waals surface area contributed by atoms with Gasteiger partial charge < -0.3 is 13.7 Å². The van der Waals surface area contributed by atoms with Gasteiger partial charge in [-0.3, -0.25) is 0 Å². The number of nitrogens with zero attached hydrogens (tertiary/aromatic N) is 3. The second-order valence-corrected chi connectivity index (χ2v) is 6.33. The van der Waals surface area contributed by atoms with Gasteiger partial charge in [0, 0.05) is 0 Å². The highest BCUT2D eigenvalue weighted by molar-refractivity contribution is 6.04. The fourth-order valence-electron chi connectivity index (χ4n) is 2.32. The molecule has 18 heavy (non-hydrogen) atoms. The molecular weight excluding hydrogens is 237 g/mol. The Morgan fingerprint density at radius 2 is 0.944 bits per heavy atom. The molecule has 108 valence electrons. The molecule has 0 radical (unpaired) electrons. The fourth-order valence-corrected chi connectivity index (χ4v) is 2.95. The summed E-state index contributed by atoms with van der Waals surface area (Å²) in [5, 5.41) is 0. The summed E-state index contributed by atoms with van der Waals surface area (Å²) in [4.78, 5) is 5.04. The van der Waals surface area contributed by atoms with E-state index in [-0.39, 0.29) is 0 Å². The number of hydrogen-bond donors (Lipinski definition) is 0. The van der Waals surface area contributed by atoms with Crippen molar-refractivity contribution in [3.8, 4) is 0 Å². The lowest BCUT2D eigenvalue weighted by molar-refractivity contribution is 0.270. The molecule has 0 atom stereocenters. The van der Waals surface area contributed by atoms with Crippen LogP contribution in [0.4, 0.5) is 0 Å². The van der Waals surface area contributed by atoms with E-state index in [2.05, 4.69) is 41.4 Å². The van der Waals surface area contributed by atoms with Crippen molar-refractivity contribution in [2.24, 2.45) is 0 Å². The van der Waals surface area contributed by atoms with Crippen molar-refractivity contribution in [3.05, 3.63) is 0 Å². The first-order chi connectivity index (χ1) is 8.67. The summed E-state index contributed by atoms with van der Waals surface area (Å²) >= 11 is 1.21. The van der Waals surface area contributed by atoms with Gasteiger partial charge in [-0.2, -0.15) is 0 Å². The molecule has 0 aromatic rings. The van der Waals surface area contributed by atoms with Crippen LogP contribution < -0.4 is 0 Å². The first-order valence-electron chi connectivity index (χ1n) is 7.81. The zero-order valence-corrected chi connectivity index (χ0v) is 15.4. The summed E-state index contributed by atoms with van der Waals surface area (Å²) in [6.45, 7) is 18.9. The van der Waals surface area contributed by atoms with E-state index >= 15 is 0 Å². The molecule has 0 aliphatic rings. The first-order valence-corrected chi connectivity index (χ1v) is 8.70. The Balaban J connectivity index is 3.50. The number of rotatable bonds is 12. The van der Waals surface area contributed by atoms with Crippen LogP contribution in [0.1, 0.15) is 40.5 Å². The van der Waals surface area contributed by atoms with Gasteiger partial charge in [0.25, 0.3) is 0 Å². The second kappa shape index (κ2) is 12.4. The van der Waals surface area contributed by atoms with E-state index in [1.165, 1.54) is 81.7 Å². The van der Waals surface area contributed by atoms with Gasteiger partial charge in [0.15, 0.2) is 0 Å². The van der Waals surface area contributed by atoms with E-state index in [1.807, 2.05) is 0 Å². The smallest absolute Gasteiger partial charge is 0.321 e. The molecule has 0 heterocycles.